The van der Waals surface area contributed by atoms with E-state index in [1.54, 1.807) is 48.5 Å². The van der Waals surface area contributed by atoms with Crippen LogP contribution in [-0.2, 0) is 25.9 Å². The molecular weight excluding hydrogens is 490 g/mol. The highest BCUT2D eigenvalue weighted by atomic mass is 35.5. The largest absolute Gasteiger partial charge is 0.387 e. The molecule has 0 aromatic heterocycles. The van der Waals surface area contributed by atoms with E-state index in [-0.39, 0.29) is 22.0 Å². The standard InChI is InChI=1S/C26H28ClNO6S/c1-2-7-26(30)34-33-22-11-6-12-23(17-22)35(31,32)25-13-4-3-8-19(25)14-15-28-18-24(29)20-9-5-10-21(27)16-20/h3-6,8-13,16-17,24,28-29H,2,7,14-15,18H2,1H3/t24-/m0/s1. The number of sulfone groups is 1. The predicted octanol–water partition coefficient (Wildman–Crippen LogP) is 4.68. The number of nitrogens with one attached hydrogen (secondary N) is 1. The second-order valence-electron chi connectivity index (χ2n) is 7.90. The number of aliphatic hydroxyl groups is 1. The lowest BCUT2D eigenvalue weighted by Gasteiger charge is -2.14. The predicted molar refractivity (Wildman–Crippen MR) is 133 cm³/mol. The van der Waals surface area contributed by atoms with Crippen LogP contribution in [0.2, 0.25) is 5.02 Å². The van der Waals surface area contributed by atoms with E-state index in [9.17, 15) is 18.3 Å². The Bertz CT molecular complexity index is 1250. The van der Waals surface area contributed by atoms with E-state index >= 15 is 0 Å². The molecular formula is C26H28ClNO6S. The van der Waals surface area contributed by atoms with E-state index in [4.69, 9.17) is 21.4 Å². The topological polar surface area (TPSA) is 102 Å². The number of hydrogen-bond donors (Lipinski definition) is 2. The number of benzene rings is 3. The van der Waals surface area contributed by atoms with Gasteiger partial charge in [-0.2, -0.15) is 0 Å². The molecule has 186 valence electrons. The van der Waals surface area contributed by atoms with Crippen molar-refractivity contribution in [3.63, 3.8) is 0 Å². The van der Waals surface area contributed by atoms with Gasteiger partial charge in [-0.05, 0) is 60.8 Å². The number of carbonyl (C=O) groups is 1. The molecule has 0 radical (unpaired) electrons. The molecule has 0 fully saturated rings. The van der Waals surface area contributed by atoms with Crippen LogP contribution in [0.3, 0.4) is 0 Å². The van der Waals surface area contributed by atoms with Gasteiger partial charge in [0.1, 0.15) is 0 Å². The van der Waals surface area contributed by atoms with Crippen LogP contribution in [0.4, 0.5) is 0 Å². The Balaban J connectivity index is 1.66. The van der Waals surface area contributed by atoms with E-state index in [1.807, 2.05) is 6.92 Å². The third-order valence-electron chi connectivity index (χ3n) is 5.21. The van der Waals surface area contributed by atoms with Crippen molar-refractivity contribution >= 4 is 27.4 Å². The van der Waals surface area contributed by atoms with Crippen LogP contribution in [0, 0.1) is 0 Å². The zero-order valence-corrected chi connectivity index (χ0v) is 20.9. The Kier molecular flexibility index (Phi) is 9.68. The van der Waals surface area contributed by atoms with E-state index in [1.165, 1.54) is 24.3 Å². The Morgan fingerprint density at radius 3 is 2.60 bits per heavy atom. The molecule has 7 nitrogen and oxygen atoms in total. The van der Waals surface area contributed by atoms with Crippen LogP contribution in [-0.4, -0.2) is 32.6 Å². The van der Waals surface area contributed by atoms with Gasteiger partial charge in [0.2, 0.25) is 9.84 Å². The van der Waals surface area contributed by atoms with Crippen LogP contribution in [0.15, 0.2) is 82.6 Å². The fourth-order valence-corrected chi connectivity index (χ4v) is 5.18. The van der Waals surface area contributed by atoms with Crippen molar-refractivity contribution in [1.82, 2.24) is 5.32 Å². The molecule has 0 aliphatic heterocycles. The van der Waals surface area contributed by atoms with Gasteiger partial charge in [0, 0.05) is 24.1 Å². The summed E-state index contributed by atoms with van der Waals surface area (Å²) < 4.78 is 26.7. The quantitative estimate of drug-likeness (QED) is 0.204. The highest BCUT2D eigenvalue weighted by molar-refractivity contribution is 7.91. The molecule has 0 aliphatic rings. The first-order chi connectivity index (χ1) is 16.8. The van der Waals surface area contributed by atoms with Crippen molar-refractivity contribution in [3.8, 4) is 5.75 Å². The zero-order chi connectivity index (χ0) is 25.3. The maximum atomic E-state index is 13.4. The molecule has 2 N–H and O–H groups in total. The lowest BCUT2D eigenvalue weighted by Crippen LogP contribution is -2.24. The van der Waals surface area contributed by atoms with Crippen molar-refractivity contribution in [3.05, 3.63) is 88.9 Å². The Labute approximate surface area is 210 Å². The number of hydrogen-bond acceptors (Lipinski definition) is 7. The number of halogens is 1. The molecule has 3 rings (SSSR count). The minimum Gasteiger partial charge on any atom is -0.387 e. The normalized spacial score (nSPS) is 12.2. The Morgan fingerprint density at radius 1 is 1.06 bits per heavy atom. The summed E-state index contributed by atoms with van der Waals surface area (Å²) in [5.74, 6) is -0.413. The molecule has 1 atom stereocenters. The lowest BCUT2D eigenvalue weighted by atomic mass is 10.1. The third-order valence-corrected chi connectivity index (χ3v) is 7.29. The summed E-state index contributed by atoms with van der Waals surface area (Å²) in [5.41, 5.74) is 1.34. The number of rotatable bonds is 12. The molecule has 0 aliphatic carbocycles. The summed E-state index contributed by atoms with van der Waals surface area (Å²) in [6.45, 7) is 2.59. The Hall–Kier alpha value is -2.91. The van der Waals surface area contributed by atoms with Gasteiger partial charge < -0.3 is 10.4 Å². The van der Waals surface area contributed by atoms with Gasteiger partial charge in [-0.1, -0.05) is 54.9 Å². The summed E-state index contributed by atoms with van der Waals surface area (Å²) in [6.07, 6.45) is 0.515. The lowest BCUT2D eigenvalue weighted by molar-refractivity contribution is -0.213. The van der Waals surface area contributed by atoms with Gasteiger partial charge in [0.25, 0.3) is 0 Å². The van der Waals surface area contributed by atoms with Crippen LogP contribution in [0.5, 0.6) is 5.75 Å². The first-order valence-electron chi connectivity index (χ1n) is 11.3. The van der Waals surface area contributed by atoms with Crippen molar-refractivity contribution in [1.29, 1.82) is 0 Å². The van der Waals surface area contributed by atoms with Gasteiger partial charge in [-0.25, -0.2) is 13.2 Å². The van der Waals surface area contributed by atoms with Crippen LogP contribution >= 0.6 is 11.6 Å². The van der Waals surface area contributed by atoms with E-state index in [2.05, 4.69) is 5.32 Å². The minimum atomic E-state index is -3.85. The van der Waals surface area contributed by atoms with Crippen LogP contribution in [0.1, 0.15) is 37.0 Å². The molecule has 9 heteroatoms. The fraction of sp³-hybridized carbons (Fsp3) is 0.269. The van der Waals surface area contributed by atoms with Crippen molar-refractivity contribution in [2.45, 2.75) is 42.1 Å². The second-order valence-corrected chi connectivity index (χ2v) is 10.3. The minimum absolute atomic E-state index is 0.0262. The van der Waals surface area contributed by atoms with Gasteiger partial charge in [-0.15, -0.1) is 0 Å². The maximum Gasteiger partial charge on any atom is 0.355 e. The first-order valence-corrected chi connectivity index (χ1v) is 13.1. The van der Waals surface area contributed by atoms with E-state index in [0.717, 1.165) is 0 Å². The average molecular weight is 518 g/mol. The van der Waals surface area contributed by atoms with Gasteiger partial charge in [-0.3, -0.25) is 9.78 Å². The second kappa shape index (κ2) is 12.7. The van der Waals surface area contributed by atoms with Crippen molar-refractivity contribution < 1.29 is 28.1 Å². The molecule has 0 saturated heterocycles. The molecule has 0 saturated carbocycles. The highest BCUT2D eigenvalue weighted by Crippen LogP contribution is 2.27. The third kappa shape index (κ3) is 7.53. The average Bonchev–Trinajstić information content (AvgIpc) is 2.86. The van der Waals surface area contributed by atoms with Crippen LogP contribution in [0.25, 0.3) is 0 Å². The summed E-state index contributed by atoms with van der Waals surface area (Å²) in [7, 11) is -3.85. The van der Waals surface area contributed by atoms with Crippen LogP contribution < -0.4 is 10.2 Å². The zero-order valence-electron chi connectivity index (χ0n) is 19.3. The highest BCUT2D eigenvalue weighted by Gasteiger charge is 2.22. The summed E-state index contributed by atoms with van der Waals surface area (Å²) in [5, 5.41) is 14.1. The van der Waals surface area contributed by atoms with E-state index < -0.39 is 21.9 Å². The maximum absolute atomic E-state index is 13.4. The SMILES string of the molecule is CCCC(=O)OOc1cccc(S(=O)(=O)c2ccccc2CCNC[C@H](O)c2cccc(Cl)c2)c1. The summed E-state index contributed by atoms with van der Waals surface area (Å²) >= 11 is 5.98. The fourth-order valence-electron chi connectivity index (χ4n) is 3.43. The summed E-state index contributed by atoms with van der Waals surface area (Å²) in [4.78, 5) is 21.5. The Morgan fingerprint density at radius 2 is 1.83 bits per heavy atom. The van der Waals surface area contributed by atoms with Gasteiger partial charge >= 0.3 is 5.97 Å². The molecule has 0 spiro atoms. The molecule has 0 heterocycles. The van der Waals surface area contributed by atoms with E-state index in [0.29, 0.717) is 42.1 Å². The smallest absolute Gasteiger partial charge is 0.355 e. The monoisotopic (exact) mass is 517 g/mol. The number of aliphatic hydroxyl groups excluding tert-OH is 1. The molecule has 3 aromatic rings. The molecule has 0 bridgehead atoms. The molecule has 0 amide bonds. The van der Waals surface area contributed by atoms with Gasteiger partial charge in [0.15, 0.2) is 5.75 Å². The molecule has 3 aromatic carbocycles. The van der Waals surface area contributed by atoms with Crippen molar-refractivity contribution in [2.75, 3.05) is 13.1 Å². The molecule has 0 unspecified atom stereocenters. The van der Waals surface area contributed by atoms with Crippen molar-refractivity contribution in [2.24, 2.45) is 0 Å². The molecule has 35 heavy (non-hydrogen) atoms. The first kappa shape index (κ1) is 26.7. The van der Waals surface area contributed by atoms with Gasteiger partial charge in [0.05, 0.1) is 15.9 Å². The number of carbonyl (C=O) groups excluding carboxylic acids is 1. The summed E-state index contributed by atoms with van der Waals surface area (Å²) in [6, 6.07) is 19.6.